The molecule has 0 saturated carbocycles. The summed E-state index contributed by atoms with van der Waals surface area (Å²) < 4.78 is 9.00. The zero-order valence-electron chi connectivity index (χ0n) is 29.8. The van der Waals surface area contributed by atoms with E-state index in [1.54, 1.807) is 12.4 Å². The van der Waals surface area contributed by atoms with Gasteiger partial charge in [-0.1, -0.05) is 60.1 Å². The van der Waals surface area contributed by atoms with E-state index in [1.807, 2.05) is 31.3 Å². The first-order chi connectivity index (χ1) is 25.4. The summed E-state index contributed by atoms with van der Waals surface area (Å²) in [6, 6.07) is 23.1. The van der Waals surface area contributed by atoms with Crippen LogP contribution in [-0.2, 0) is 13.1 Å². The molecule has 0 unspecified atom stereocenters. The molecule has 0 aliphatic carbocycles. The number of piperazine rings is 2. The molecule has 4 aromatic heterocycles. The maximum absolute atomic E-state index is 6.01. The molecule has 0 amide bonds. The Morgan fingerprint density at radius 1 is 0.596 bits per heavy atom. The minimum absolute atomic E-state index is 0.601. The van der Waals surface area contributed by atoms with Crippen molar-refractivity contribution >= 4 is 44.9 Å². The van der Waals surface area contributed by atoms with E-state index >= 15 is 0 Å². The van der Waals surface area contributed by atoms with Crippen LogP contribution in [0.2, 0.25) is 5.02 Å². The van der Waals surface area contributed by atoms with Crippen molar-refractivity contribution in [3.63, 3.8) is 0 Å². The van der Waals surface area contributed by atoms with Gasteiger partial charge in [-0.2, -0.15) is 18.7 Å². The van der Waals surface area contributed by atoms with E-state index in [0.29, 0.717) is 10.8 Å². The van der Waals surface area contributed by atoms with Crippen LogP contribution in [0.5, 0.6) is 0 Å². The minimum Gasteiger partial charge on any atom is -0.344 e. The molecule has 2 aliphatic heterocycles. The molecule has 8 rings (SSSR count). The lowest BCUT2D eigenvalue weighted by atomic mass is 10.1. The van der Waals surface area contributed by atoms with Gasteiger partial charge in [-0.25, -0.2) is 0 Å². The van der Waals surface area contributed by atoms with Crippen molar-refractivity contribution in [2.75, 3.05) is 62.2 Å². The Morgan fingerprint density at radius 2 is 1.12 bits per heavy atom. The average Bonchev–Trinajstić information content (AvgIpc) is 3.87. The second-order valence-corrected chi connectivity index (χ2v) is 15.2. The molecule has 268 valence electrons. The number of anilines is 2. The lowest BCUT2D eigenvalue weighted by Gasteiger charge is -2.34. The van der Waals surface area contributed by atoms with Gasteiger partial charge in [0.25, 0.3) is 0 Å². The van der Waals surface area contributed by atoms with Crippen molar-refractivity contribution in [2.24, 2.45) is 0 Å². The maximum atomic E-state index is 6.01. The normalized spacial score (nSPS) is 15.4. The molecule has 6 aromatic rings. The maximum Gasteiger partial charge on any atom is 0.205 e. The quantitative estimate of drug-likeness (QED) is 0.157. The number of halogens is 1. The van der Waals surface area contributed by atoms with Gasteiger partial charge in [-0.05, 0) is 61.2 Å². The van der Waals surface area contributed by atoms with E-state index < -0.39 is 0 Å². The van der Waals surface area contributed by atoms with E-state index in [2.05, 4.69) is 106 Å². The summed E-state index contributed by atoms with van der Waals surface area (Å²) in [6.07, 6.45) is 5.21. The average molecular weight is 751 g/mol. The fraction of sp³-hybridized carbons (Fsp3) is 0.333. The SMILES string of the molecule is Cc1ccc(-c2nsc(N3CCN(Cc4ccccc4C)CC3)n2)cn1.Cc1ccccc1CN1CCN(c2nc(-c3cncc(Cl)c3)ns2)CC1. The van der Waals surface area contributed by atoms with Crippen LogP contribution in [0.15, 0.2) is 85.3 Å². The van der Waals surface area contributed by atoms with Gasteiger partial charge < -0.3 is 9.80 Å². The van der Waals surface area contributed by atoms with Gasteiger partial charge in [-0.15, -0.1) is 0 Å². The molecule has 52 heavy (non-hydrogen) atoms. The third-order valence-electron chi connectivity index (χ3n) is 9.56. The highest BCUT2D eigenvalue weighted by Crippen LogP contribution is 2.27. The zero-order valence-corrected chi connectivity index (χ0v) is 32.2. The molecule has 2 fully saturated rings. The highest BCUT2D eigenvalue weighted by atomic mass is 35.5. The van der Waals surface area contributed by atoms with Crippen molar-refractivity contribution < 1.29 is 0 Å². The van der Waals surface area contributed by atoms with Crippen LogP contribution in [-0.4, -0.2) is 90.8 Å². The molecule has 2 aromatic carbocycles. The van der Waals surface area contributed by atoms with Crippen LogP contribution in [0.3, 0.4) is 0 Å². The molecule has 10 nitrogen and oxygen atoms in total. The summed E-state index contributed by atoms with van der Waals surface area (Å²) in [7, 11) is 0. The molecule has 0 N–H and O–H groups in total. The van der Waals surface area contributed by atoms with Crippen LogP contribution in [0, 0.1) is 20.8 Å². The number of hydrogen-bond donors (Lipinski definition) is 0. The predicted octanol–water partition coefficient (Wildman–Crippen LogP) is 7.42. The zero-order chi connectivity index (χ0) is 35.9. The lowest BCUT2D eigenvalue weighted by Crippen LogP contribution is -2.46. The molecular weight excluding hydrogens is 708 g/mol. The molecule has 0 radical (unpaired) electrons. The topological polar surface area (TPSA) is 90.3 Å². The van der Waals surface area contributed by atoms with E-state index in [9.17, 15) is 0 Å². The summed E-state index contributed by atoms with van der Waals surface area (Å²) >= 11 is 8.93. The Bertz CT molecular complexity index is 2050. The molecule has 0 bridgehead atoms. The second-order valence-electron chi connectivity index (χ2n) is 13.3. The molecular formula is C39H43ClN10S2. The van der Waals surface area contributed by atoms with Crippen molar-refractivity contribution in [3.05, 3.63) is 118 Å². The number of rotatable bonds is 8. The van der Waals surface area contributed by atoms with Gasteiger partial charge in [0.2, 0.25) is 10.3 Å². The highest BCUT2D eigenvalue weighted by Gasteiger charge is 2.22. The van der Waals surface area contributed by atoms with Gasteiger partial charge in [0.05, 0.1) is 5.02 Å². The predicted molar refractivity (Wildman–Crippen MR) is 213 cm³/mol. The number of pyridine rings is 2. The van der Waals surface area contributed by atoms with Crippen molar-refractivity contribution in [1.82, 2.24) is 38.5 Å². The van der Waals surface area contributed by atoms with Crippen molar-refractivity contribution in [3.8, 4) is 22.8 Å². The molecule has 0 spiro atoms. The van der Waals surface area contributed by atoms with Crippen molar-refractivity contribution in [1.29, 1.82) is 0 Å². The van der Waals surface area contributed by atoms with Gasteiger partial charge in [-0.3, -0.25) is 19.8 Å². The summed E-state index contributed by atoms with van der Waals surface area (Å²) in [5.74, 6) is 1.47. The smallest absolute Gasteiger partial charge is 0.205 e. The Hall–Kier alpha value is -4.33. The van der Waals surface area contributed by atoms with Crippen LogP contribution in [0.4, 0.5) is 10.3 Å². The Balaban J connectivity index is 0.000000162. The van der Waals surface area contributed by atoms with Crippen LogP contribution in [0.1, 0.15) is 27.9 Å². The second kappa shape index (κ2) is 17.0. The molecule has 6 heterocycles. The number of aryl methyl sites for hydroxylation is 3. The number of benzene rings is 2. The molecule has 0 atom stereocenters. The van der Waals surface area contributed by atoms with E-state index in [-0.39, 0.29) is 0 Å². The molecule has 2 saturated heterocycles. The number of nitrogens with zero attached hydrogens (tertiary/aromatic N) is 10. The first-order valence-electron chi connectivity index (χ1n) is 17.6. The number of hydrogen-bond acceptors (Lipinski definition) is 12. The van der Waals surface area contributed by atoms with E-state index in [1.165, 1.54) is 45.3 Å². The third-order valence-corrected chi connectivity index (χ3v) is 11.3. The Kier molecular flexibility index (Phi) is 11.8. The van der Waals surface area contributed by atoms with Crippen LogP contribution >= 0.6 is 34.7 Å². The first-order valence-corrected chi connectivity index (χ1v) is 19.6. The lowest BCUT2D eigenvalue weighted by molar-refractivity contribution is 0.249. The van der Waals surface area contributed by atoms with E-state index in [0.717, 1.165) is 98.4 Å². The van der Waals surface area contributed by atoms with Crippen molar-refractivity contribution in [2.45, 2.75) is 33.9 Å². The summed E-state index contributed by atoms with van der Waals surface area (Å²) in [5, 5.41) is 2.58. The van der Waals surface area contributed by atoms with Gasteiger partial charge >= 0.3 is 0 Å². The Labute approximate surface area is 319 Å². The largest absolute Gasteiger partial charge is 0.344 e. The first kappa shape index (κ1) is 36.0. The molecule has 13 heteroatoms. The molecule has 2 aliphatic rings. The fourth-order valence-corrected chi connectivity index (χ4v) is 7.96. The summed E-state index contributed by atoms with van der Waals surface area (Å²) in [4.78, 5) is 27.5. The third kappa shape index (κ3) is 9.17. The van der Waals surface area contributed by atoms with Gasteiger partial charge in [0.15, 0.2) is 11.6 Å². The van der Waals surface area contributed by atoms with Gasteiger partial charge in [0, 0.05) is 124 Å². The fourth-order valence-electron chi connectivity index (χ4n) is 6.31. The van der Waals surface area contributed by atoms with Crippen LogP contribution in [0.25, 0.3) is 22.8 Å². The number of aromatic nitrogens is 6. The summed E-state index contributed by atoms with van der Waals surface area (Å²) in [6.45, 7) is 16.5. The van der Waals surface area contributed by atoms with Gasteiger partial charge in [0.1, 0.15) is 0 Å². The summed E-state index contributed by atoms with van der Waals surface area (Å²) in [5.41, 5.74) is 8.41. The monoisotopic (exact) mass is 750 g/mol. The highest BCUT2D eigenvalue weighted by molar-refractivity contribution is 7.10. The van der Waals surface area contributed by atoms with Crippen LogP contribution < -0.4 is 9.80 Å². The Morgan fingerprint density at radius 3 is 1.60 bits per heavy atom. The standard InChI is InChI=1S/C20H23N5S.C19H20ClN5S/c1-15-5-3-4-6-18(15)14-24-9-11-25(12-10-24)20-22-19(23-26-20)17-8-7-16(2)21-13-17;1-14-4-2-3-5-15(14)13-24-6-8-25(9-7-24)19-22-18(23-26-19)16-10-17(20)12-21-11-16/h3-8,13H,9-12,14H2,1-2H3;2-5,10-12H,6-9,13H2,1H3. The minimum atomic E-state index is 0.601. The van der Waals surface area contributed by atoms with E-state index in [4.69, 9.17) is 16.6 Å².